The predicted molar refractivity (Wildman–Crippen MR) is 83.9 cm³/mol. The summed E-state index contributed by atoms with van der Waals surface area (Å²) >= 11 is 0. The molecule has 5 heteroatoms. The number of benzene rings is 1. The van der Waals surface area contributed by atoms with Crippen LogP contribution in [0.25, 0.3) is 0 Å². The molecule has 1 amide bonds. The lowest BCUT2D eigenvalue weighted by molar-refractivity contribution is -0.121. The topological polar surface area (TPSA) is 56.1 Å². The summed E-state index contributed by atoms with van der Waals surface area (Å²) in [5, 5.41) is 3.13. The van der Waals surface area contributed by atoms with E-state index in [-0.39, 0.29) is 11.9 Å². The second-order valence-electron chi connectivity index (χ2n) is 5.78. The van der Waals surface area contributed by atoms with Crippen molar-refractivity contribution in [2.75, 3.05) is 7.11 Å². The minimum absolute atomic E-state index is 0.0652. The van der Waals surface area contributed by atoms with Gasteiger partial charge in [0.05, 0.1) is 19.2 Å². The summed E-state index contributed by atoms with van der Waals surface area (Å²) in [5.41, 5.74) is 2.04. The van der Waals surface area contributed by atoms with E-state index < -0.39 is 0 Å². The van der Waals surface area contributed by atoms with E-state index in [0.29, 0.717) is 6.42 Å². The van der Waals surface area contributed by atoms with Gasteiger partial charge in [0.1, 0.15) is 11.6 Å². The number of methoxy groups -OCH3 is 1. The Balaban J connectivity index is 1.55. The van der Waals surface area contributed by atoms with Crippen LogP contribution in [0.15, 0.2) is 30.5 Å². The van der Waals surface area contributed by atoms with Crippen molar-refractivity contribution in [1.29, 1.82) is 0 Å². The summed E-state index contributed by atoms with van der Waals surface area (Å²) in [4.78, 5) is 16.7. The number of carbonyl (C=O) groups excluding carboxylic acids is 1. The second kappa shape index (κ2) is 6.22. The van der Waals surface area contributed by atoms with Crippen LogP contribution < -0.4 is 10.1 Å². The lowest BCUT2D eigenvalue weighted by Gasteiger charge is -2.24. The fraction of sp³-hybridized carbons (Fsp3) is 0.412. The van der Waals surface area contributed by atoms with E-state index in [1.165, 1.54) is 0 Å². The number of aryl methyl sites for hydroxylation is 2. The third kappa shape index (κ3) is 3.30. The van der Waals surface area contributed by atoms with Gasteiger partial charge in [-0.2, -0.15) is 0 Å². The van der Waals surface area contributed by atoms with Crippen molar-refractivity contribution < 1.29 is 9.53 Å². The first-order chi connectivity index (χ1) is 10.6. The highest BCUT2D eigenvalue weighted by atomic mass is 16.5. The minimum atomic E-state index is 0.0652. The Morgan fingerprint density at radius 3 is 2.91 bits per heavy atom. The van der Waals surface area contributed by atoms with E-state index in [9.17, 15) is 4.79 Å². The zero-order valence-corrected chi connectivity index (χ0v) is 13.0. The summed E-state index contributed by atoms with van der Waals surface area (Å²) in [6, 6.07) is 7.80. The van der Waals surface area contributed by atoms with Crippen LogP contribution in [-0.2, 0) is 24.2 Å². The molecule has 1 N–H and O–H groups in total. The number of fused-ring (bicyclic) bond motifs is 1. The molecule has 0 fully saturated rings. The number of aromatic nitrogens is 2. The number of nitrogens with one attached hydrogen (secondary N) is 1. The predicted octanol–water partition coefficient (Wildman–Crippen LogP) is 1.87. The molecular formula is C17H21N3O2. The maximum atomic E-state index is 12.2. The average Bonchev–Trinajstić information content (AvgIpc) is 2.87. The van der Waals surface area contributed by atoms with Gasteiger partial charge in [0.15, 0.2) is 0 Å². The summed E-state index contributed by atoms with van der Waals surface area (Å²) in [6.07, 6.45) is 4.32. The molecule has 0 saturated heterocycles. The molecule has 0 radical (unpaired) electrons. The molecule has 0 bridgehead atoms. The summed E-state index contributed by atoms with van der Waals surface area (Å²) in [7, 11) is 1.64. The van der Waals surface area contributed by atoms with E-state index in [4.69, 9.17) is 4.74 Å². The molecule has 1 aromatic heterocycles. The van der Waals surface area contributed by atoms with Crippen molar-refractivity contribution in [1.82, 2.24) is 14.9 Å². The van der Waals surface area contributed by atoms with Crippen molar-refractivity contribution >= 4 is 5.91 Å². The van der Waals surface area contributed by atoms with E-state index in [2.05, 4.69) is 21.1 Å². The highest BCUT2D eigenvalue weighted by molar-refractivity contribution is 5.78. The van der Waals surface area contributed by atoms with E-state index in [0.717, 1.165) is 42.2 Å². The molecule has 116 valence electrons. The van der Waals surface area contributed by atoms with E-state index in [1.807, 2.05) is 31.2 Å². The number of hydrogen-bond donors (Lipinski definition) is 1. The van der Waals surface area contributed by atoms with Crippen molar-refractivity contribution in [3.8, 4) is 5.75 Å². The van der Waals surface area contributed by atoms with Gasteiger partial charge in [-0.3, -0.25) is 4.79 Å². The van der Waals surface area contributed by atoms with Gasteiger partial charge in [-0.15, -0.1) is 0 Å². The minimum Gasteiger partial charge on any atom is -0.497 e. The molecular weight excluding hydrogens is 278 g/mol. The fourth-order valence-electron chi connectivity index (χ4n) is 2.91. The average molecular weight is 299 g/mol. The van der Waals surface area contributed by atoms with Crippen molar-refractivity contribution in [2.45, 2.75) is 38.8 Å². The number of imidazole rings is 1. The second-order valence-corrected chi connectivity index (χ2v) is 5.78. The van der Waals surface area contributed by atoms with Crippen molar-refractivity contribution in [2.24, 2.45) is 0 Å². The SMILES string of the molecule is COc1ccc(CC(=O)N[C@H]2CCc3nc(C)cn3C2)cc1. The molecule has 3 rings (SSSR count). The molecule has 22 heavy (non-hydrogen) atoms. The van der Waals surface area contributed by atoms with Gasteiger partial charge in [-0.25, -0.2) is 4.98 Å². The lowest BCUT2D eigenvalue weighted by Crippen LogP contribution is -2.41. The summed E-state index contributed by atoms with van der Waals surface area (Å²) < 4.78 is 7.27. The van der Waals surface area contributed by atoms with Crippen LogP contribution in [0.1, 0.15) is 23.5 Å². The first-order valence-electron chi connectivity index (χ1n) is 7.59. The monoisotopic (exact) mass is 299 g/mol. The Kier molecular flexibility index (Phi) is 4.13. The van der Waals surface area contributed by atoms with E-state index in [1.54, 1.807) is 7.11 Å². The zero-order chi connectivity index (χ0) is 15.5. The van der Waals surface area contributed by atoms with Gasteiger partial charge in [-0.05, 0) is 31.0 Å². The molecule has 5 nitrogen and oxygen atoms in total. The van der Waals surface area contributed by atoms with Crippen LogP contribution in [0.4, 0.5) is 0 Å². The number of ether oxygens (including phenoxy) is 1. The van der Waals surface area contributed by atoms with Crippen LogP contribution >= 0.6 is 0 Å². The van der Waals surface area contributed by atoms with Crippen LogP contribution in [0.3, 0.4) is 0 Å². The molecule has 2 heterocycles. The smallest absolute Gasteiger partial charge is 0.224 e. The van der Waals surface area contributed by atoms with Gasteiger partial charge in [-0.1, -0.05) is 12.1 Å². The van der Waals surface area contributed by atoms with Gasteiger partial charge in [0.2, 0.25) is 5.91 Å². The number of rotatable bonds is 4. The van der Waals surface area contributed by atoms with Crippen LogP contribution in [-0.4, -0.2) is 28.6 Å². The molecule has 0 unspecified atom stereocenters. The summed E-state index contributed by atoms with van der Waals surface area (Å²) in [6.45, 7) is 2.81. The van der Waals surface area contributed by atoms with Gasteiger partial charge < -0.3 is 14.6 Å². The molecule has 1 aliphatic heterocycles. The first kappa shape index (κ1) is 14.6. The normalized spacial score (nSPS) is 16.9. The number of amides is 1. The summed E-state index contributed by atoms with van der Waals surface area (Å²) in [5.74, 6) is 1.99. The zero-order valence-electron chi connectivity index (χ0n) is 13.0. The molecule has 1 aromatic carbocycles. The largest absolute Gasteiger partial charge is 0.497 e. The molecule has 1 aliphatic rings. The van der Waals surface area contributed by atoms with Crippen molar-refractivity contribution in [3.05, 3.63) is 47.5 Å². The highest BCUT2D eigenvalue weighted by Gasteiger charge is 2.21. The molecule has 1 atom stereocenters. The van der Waals surface area contributed by atoms with E-state index >= 15 is 0 Å². The van der Waals surface area contributed by atoms with Gasteiger partial charge in [0, 0.05) is 25.2 Å². The number of hydrogen-bond acceptors (Lipinski definition) is 3. The Hall–Kier alpha value is -2.30. The van der Waals surface area contributed by atoms with Crippen LogP contribution in [0.2, 0.25) is 0 Å². The molecule has 0 saturated carbocycles. The van der Waals surface area contributed by atoms with Crippen LogP contribution in [0.5, 0.6) is 5.75 Å². The lowest BCUT2D eigenvalue weighted by atomic mass is 10.1. The number of carbonyl (C=O) groups is 1. The maximum Gasteiger partial charge on any atom is 0.224 e. The quantitative estimate of drug-likeness (QED) is 0.938. The molecule has 2 aromatic rings. The Bertz CT molecular complexity index is 661. The molecule has 0 spiro atoms. The Morgan fingerprint density at radius 1 is 1.41 bits per heavy atom. The van der Waals surface area contributed by atoms with Gasteiger partial charge >= 0.3 is 0 Å². The third-order valence-electron chi connectivity index (χ3n) is 4.00. The van der Waals surface area contributed by atoms with Gasteiger partial charge in [0.25, 0.3) is 0 Å². The maximum absolute atomic E-state index is 12.2. The third-order valence-corrected chi connectivity index (χ3v) is 4.00. The van der Waals surface area contributed by atoms with Crippen molar-refractivity contribution in [3.63, 3.8) is 0 Å². The highest BCUT2D eigenvalue weighted by Crippen LogP contribution is 2.16. The Morgan fingerprint density at radius 2 is 2.18 bits per heavy atom. The Labute approximate surface area is 130 Å². The first-order valence-corrected chi connectivity index (χ1v) is 7.59. The standard InChI is InChI=1S/C17H21N3O2/c1-12-10-20-11-14(5-8-16(20)18-12)19-17(21)9-13-3-6-15(22-2)7-4-13/h3-4,6-7,10,14H,5,8-9,11H2,1-2H3,(H,19,21)/t14-/m0/s1. The number of nitrogens with zero attached hydrogens (tertiary/aromatic N) is 2. The van der Waals surface area contributed by atoms with Crippen LogP contribution in [0, 0.1) is 6.92 Å². The fourth-order valence-corrected chi connectivity index (χ4v) is 2.91. The molecule has 0 aliphatic carbocycles.